The number of amides is 1. The summed E-state index contributed by atoms with van der Waals surface area (Å²) in [5.41, 5.74) is 5.71. The predicted molar refractivity (Wildman–Crippen MR) is 61.6 cm³/mol. The number of benzene rings is 1. The third kappa shape index (κ3) is 3.37. The van der Waals surface area contributed by atoms with Gasteiger partial charge in [-0.3, -0.25) is 4.79 Å². The average molecular weight is 274 g/mol. The first-order valence-electron chi connectivity index (χ1n) is 5.60. The highest BCUT2D eigenvalue weighted by atomic mass is 19.4. The fraction of sp³-hybridized carbons (Fsp3) is 0.417. The largest absolute Gasteiger partial charge is 0.573 e. The van der Waals surface area contributed by atoms with Crippen LogP contribution < -0.4 is 10.5 Å². The number of likely N-dealkylation sites (tertiary alicyclic amines) is 1. The number of hydrogen-bond donors (Lipinski definition) is 1. The number of rotatable bonds is 2. The lowest BCUT2D eigenvalue weighted by molar-refractivity contribution is -0.274. The fourth-order valence-electron chi connectivity index (χ4n) is 1.95. The molecule has 2 N–H and O–H groups in total. The molecule has 7 heteroatoms. The number of nitrogens with zero attached hydrogens (tertiary/aromatic N) is 1. The van der Waals surface area contributed by atoms with Gasteiger partial charge >= 0.3 is 6.36 Å². The molecule has 0 spiro atoms. The van der Waals surface area contributed by atoms with E-state index in [1.807, 2.05) is 6.92 Å². The summed E-state index contributed by atoms with van der Waals surface area (Å²) in [5, 5.41) is 0. The molecule has 1 saturated heterocycles. The van der Waals surface area contributed by atoms with E-state index in [0.717, 1.165) is 12.1 Å². The van der Waals surface area contributed by atoms with Crippen LogP contribution in [0, 0.1) is 0 Å². The number of nitrogens with two attached hydrogens (primary N) is 1. The van der Waals surface area contributed by atoms with Crippen molar-refractivity contribution < 1.29 is 22.7 Å². The van der Waals surface area contributed by atoms with Gasteiger partial charge in [0.05, 0.1) is 0 Å². The summed E-state index contributed by atoms with van der Waals surface area (Å²) in [7, 11) is 0. The molecule has 1 amide bonds. The Kier molecular flexibility index (Phi) is 3.17. The van der Waals surface area contributed by atoms with Crippen LogP contribution in [0.3, 0.4) is 0 Å². The van der Waals surface area contributed by atoms with Gasteiger partial charge in [0.25, 0.3) is 5.91 Å². The van der Waals surface area contributed by atoms with Gasteiger partial charge in [-0.15, -0.1) is 13.2 Å². The lowest BCUT2D eigenvalue weighted by atomic mass is 9.93. The van der Waals surface area contributed by atoms with E-state index < -0.39 is 6.36 Å². The van der Waals surface area contributed by atoms with E-state index in [9.17, 15) is 18.0 Å². The quantitative estimate of drug-likeness (QED) is 0.894. The van der Waals surface area contributed by atoms with Gasteiger partial charge < -0.3 is 15.4 Å². The zero-order valence-corrected chi connectivity index (χ0v) is 10.2. The van der Waals surface area contributed by atoms with E-state index in [1.54, 1.807) is 4.90 Å². The smallest absolute Gasteiger partial charge is 0.406 e. The van der Waals surface area contributed by atoms with E-state index in [4.69, 9.17) is 5.73 Å². The van der Waals surface area contributed by atoms with Crippen LogP contribution in [0.1, 0.15) is 17.3 Å². The van der Waals surface area contributed by atoms with E-state index in [0.29, 0.717) is 18.7 Å². The van der Waals surface area contributed by atoms with Gasteiger partial charge in [-0.2, -0.15) is 0 Å². The van der Waals surface area contributed by atoms with Crippen LogP contribution >= 0.6 is 0 Å². The topological polar surface area (TPSA) is 55.6 Å². The molecule has 0 aromatic heterocycles. The summed E-state index contributed by atoms with van der Waals surface area (Å²) in [6, 6.07) is 4.83. The van der Waals surface area contributed by atoms with Crippen molar-refractivity contribution in [1.82, 2.24) is 4.90 Å². The molecule has 0 aliphatic carbocycles. The van der Waals surface area contributed by atoms with Gasteiger partial charge in [0.2, 0.25) is 0 Å². The monoisotopic (exact) mass is 274 g/mol. The maximum Gasteiger partial charge on any atom is 0.573 e. The number of carbonyl (C=O) groups excluding carboxylic acids is 1. The van der Waals surface area contributed by atoms with Crippen LogP contribution in [0.2, 0.25) is 0 Å². The number of alkyl halides is 3. The van der Waals surface area contributed by atoms with Crippen molar-refractivity contribution in [2.75, 3.05) is 13.1 Å². The maximum absolute atomic E-state index is 12.0. The van der Waals surface area contributed by atoms with Crippen molar-refractivity contribution in [1.29, 1.82) is 0 Å². The van der Waals surface area contributed by atoms with E-state index in [1.165, 1.54) is 12.1 Å². The number of carbonyl (C=O) groups is 1. The highest BCUT2D eigenvalue weighted by molar-refractivity contribution is 5.95. The molecular formula is C12H13F3N2O2. The summed E-state index contributed by atoms with van der Waals surface area (Å²) in [5.74, 6) is -0.599. The van der Waals surface area contributed by atoms with Gasteiger partial charge in [-0.25, -0.2) is 0 Å². The molecule has 1 heterocycles. The predicted octanol–water partition coefficient (Wildman–Crippen LogP) is 1.76. The summed E-state index contributed by atoms with van der Waals surface area (Å²) < 4.78 is 39.6. The summed E-state index contributed by atoms with van der Waals surface area (Å²) in [4.78, 5) is 13.5. The SMILES string of the molecule is CC1(N)CN(C(=O)c2ccc(OC(F)(F)F)cc2)C1. The molecule has 0 saturated carbocycles. The fourth-order valence-corrected chi connectivity index (χ4v) is 1.95. The van der Waals surface area contributed by atoms with Gasteiger partial charge in [-0.1, -0.05) is 0 Å². The van der Waals surface area contributed by atoms with Crippen molar-refractivity contribution >= 4 is 5.91 Å². The third-order valence-electron chi connectivity index (χ3n) is 2.73. The van der Waals surface area contributed by atoms with Gasteiger partial charge in [0.1, 0.15) is 5.75 Å². The molecular weight excluding hydrogens is 261 g/mol. The van der Waals surface area contributed by atoms with Crippen molar-refractivity contribution in [2.24, 2.45) is 5.73 Å². The Bertz CT molecular complexity index is 475. The first-order valence-corrected chi connectivity index (χ1v) is 5.60. The molecule has 1 aliphatic heterocycles. The van der Waals surface area contributed by atoms with E-state index in [-0.39, 0.29) is 17.2 Å². The van der Waals surface area contributed by atoms with Crippen LogP contribution in [0.15, 0.2) is 24.3 Å². The highest BCUT2D eigenvalue weighted by Gasteiger charge is 2.38. The lowest BCUT2D eigenvalue weighted by Gasteiger charge is -2.45. The van der Waals surface area contributed by atoms with Crippen molar-refractivity contribution in [3.63, 3.8) is 0 Å². The second kappa shape index (κ2) is 4.41. The molecule has 0 unspecified atom stereocenters. The molecule has 0 bridgehead atoms. The number of ether oxygens (including phenoxy) is 1. The normalized spacial score (nSPS) is 17.8. The van der Waals surface area contributed by atoms with Gasteiger partial charge in [-0.05, 0) is 31.2 Å². The summed E-state index contributed by atoms with van der Waals surface area (Å²) in [6.45, 7) is 2.70. The van der Waals surface area contributed by atoms with E-state index >= 15 is 0 Å². The Morgan fingerprint density at radius 2 is 1.84 bits per heavy atom. The van der Waals surface area contributed by atoms with Gasteiger partial charge in [0.15, 0.2) is 0 Å². The summed E-state index contributed by atoms with van der Waals surface area (Å²) in [6.07, 6.45) is -4.73. The van der Waals surface area contributed by atoms with Crippen LogP contribution in [0.25, 0.3) is 0 Å². The number of halogens is 3. The molecule has 19 heavy (non-hydrogen) atoms. The van der Waals surface area contributed by atoms with Crippen LogP contribution in [-0.2, 0) is 0 Å². The first-order chi connectivity index (χ1) is 8.66. The minimum absolute atomic E-state index is 0.249. The average Bonchev–Trinajstić information content (AvgIpc) is 2.23. The summed E-state index contributed by atoms with van der Waals surface area (Å²) >= 11 is 0. The Hall–Kier alpha value is -1.76. The Labute approximate surface area is 107 Å². The maximum atomic E-state index is 12.0. The molecule has 104 valence electrons. The van der Waals surface area contributed by atoms with Crippen molar-refractivity contribution in [2.45, 2.75) is 18.8 Å². The first kappa shape index (κ1) is 13.7. The molecule has 1 aromatic carbocycles. The minimum atomic E-state index is -4.73. The second-order valence-electron chi connectivity index (χ2n) is 4.89. The van der Waals surface area contributed by atoms with Crippen molar-refractivity contribution in [3.05, 3.63) is 29.8 Å². The van der Waals surface area contributed by atoms with Crippen LogP contribution in [0.5, 0.6) is 5.75 Å². The third-order valence-corrected chi connectivity index (χ3v) is 2.73. The Morgan fingerprint density at radius 1 is 1.32 bits per heavy atom. The molecule has 2 rings (SSSR count). The van der Waals surface area contributed by atoms with Gasteiger partial charge in [0, 0.05) is 24.2 Å². The Balaban J connectivity index is 2.01. The van der Waals surface area contributed by atoms with E-state index in [2.05, 4.69) is 4.74 Å². The highest BCUT2D eigenvalue weighted by Crippen LogP contribution is 2.24. The van der Waals surface area contributed by atoms with Crippen LogP contribution in [0.4, 0.5) is 13.2 Å². The zero-order chi connectivity index (χ0) is 14.3. The molecule has 0 atom stereocenters. The molecule has 1 fully saturated rings. The Morgan fingerprint density at radius 3 is 2.26 bits per heavy atom. The van der Waals surface area contributed by atoms with Crippen molar-refractivity contribution in [3.8, 4) is 5.75 Å². The molecule has 1 aliphatic rings. The second-order valence-corrected chi connectivity index (χ2v) is 4.89. The standard InChI is InChI=1S/C12H13F3N2O2/c1-11(16)6-17(7-11)10(18)8-2-4-9(5-3-8)19-12(13,14)15/h2-5H,6-7,16H2,1H3. The number of hydrogen-bond acceptors (Lipinski definition) is 3. The van der Waals surface area contributed by atoms with Crippen LogP contribution in [-0.4, -0.2) is 35.8 Å². The molecule has 0 radical (unpaired) electrons. The molecule has 4 nitrogen and oxygen atoms in total. The lowest BCUT2D eigenvalue weighted by Crippen LogP contribution is -2.66. The zero-order valence-electron chi connectivity index (χ0n) is 10.2. The minimum Gasteiger partial charge on any atom is -0.406 e. The molecule has 1 aromatic rings.